The average Bonchev–Trinajstić information content (AvgIpc) is 2.88. The lowest BCUT2D eigenvalue weighted by molar-refractivity contribution is 0.0948. The quantitative estimate of drug-likeness (QED) is 0.510. The lowest BCUT2D eigenvalue weighted by atomic mass is 10.1. The van der Waals surface area contributed by atoms with Crippen molar-refractivity contribution in [1.29, 1.82) is 0 Å². The third kappa shape index (κ3) is 5.02. The van der Waals surface area contributed by atoms with E-state index in [1.165, 1.54) is 0 Å². The fourth-order valence-electron chi connectivity index (χ4n) is 3.76. The van der Waals surface area contributed by atoms with Crippen LogP contribution in [0.3, 0.4) is 0 Å². The molecule has 0 saturated heterocycles. The highest BCUT2D eigenvalue weighted by Gasteiger charge is 2.31. The maximum atomic E-state index is 13.6. The van der Waals surface area contributed by atoms with Crippen LogP contribution in [0.15, 0.2) is 76.5 Å². The number of nitrogens with zero attached hydrogens (tertiary/aromatic N) is 1. The van der Waals surface area contributed by atoms with Gasteiger partial charge in [0.05, 0.1) is 38.4 Å². The summed E-state index contributed by atoms with van der Waals surface area (Å²) < 4.78 is 13.5. The molecule has 170 valence electrons. The second-order valence-corrected chi connectivity index (χ2v) is 10.3. The molecule has 1 aliphatic heterocycles. The predicted molar refractivity (Wildman–Crippen MR) is 131 cm³/mol. The van der Waals surface area contributed by atoms with E-state index in [1.807, 2.05) is 12.1 Å². The molecule has 1 aliphatic rings. The van der Waals surface area contributed by atoms with Crippen molar-refractivity contribution in [3.8, 4) is 0 Å². The van der Waals surface area contributed by atoms with Crippen LogP contribution in [-0.4, -0.2) is 22.6 Å². The van der Waals surface area contributed by atoms with Gasteiger partial charge in [0.2, 0.25) is 0 Å². The second-order valence-electron chi connectivity index (χ2n) is 8.41. The molecule has 4 rings (SSSR count). The summed E-state index contributed by atoms with van der Waals surface area (Å²) in [6.07, 6.45) is 0.870. The molecule has 3 aromatic carbocycles. The topological polar surface area (TPSA) is 66.5 Å². The van der Waals surface area contributed by atoms with Gasteiger partial charge in [0.1, 0.15) is 0 Å². The average molecular weight is 481 g/mol. The zero-order valence-corrected chi connectivity index (χ0v) is 20.1. The maximum absolute atomic E-state index is 13.6. The smallest absolute Gasteiger partial charge is 0.259 e. The first-order valence-corrected chi connectivity index (χ1v) is 12.4. The molecular formula is C26H25ClN2O3S. The zero-order valence-electron chi connectivity index (χ0n) is 18.5. The van der Waals surface area contributed by atoms with E-state index in [2.05, 4.69) is 19.2 Å². The van der Waals surface area contributed by atoms with Crippen LogP contribution in [0.2, 0.25) is 5.02 Å². The van der Waals surface area contributed by atoms with Crippen LogP contribution >= 0.6 is 11.6 Å². The highest BCUT2D eigenvalue weighted by molar-refractivity contribution is 7.85. The summed E-state index contributed by atoms with van der Waals surface area (Å²) >= 11 is 6.17. The first-order chi connectivity index (χ1) is 15.8. The van der Waals surface area contributed by atoms with Gasteiger partial charge in [-0.3, -0.25) is 9.59 Å². The molecule has 7 heteroatoms. The molecule has 2 amide bonds. The van der Waals surface area contributed by atoms with E-state index in [1.54, 1.807) is 59.5 Å². The monoisotopic (exact) mass is 480 g/mol. The number of hydrogen-bond acceptors (Lipinski definition) is 3. The molecule has 0 radical (unpaired) electrons. The minimum absolute atomic E-state index is 0.221. The van der Waals surface area contributed by atoms with Gasteiger partial charge in [-0.05, 0) is 60.4 Å². The summed E-state index contributed by atoms with van der Waals surface area (Å²) in [5.74, 6) is -0.0136. The largest absolute Gasteiger partial charge is 0.352 e. The highest BCUT2D eigenvalue weighted by Crippen LogP contribution is 2.36. The standard InChI is InChI=1S/C26H25ClN2O3S/c1-17(2)12-13-28-25(30)19-10-11-24-22(15-19)29(16-18-6-5-7-20(27)14-18)26(31)21-8-3-4-9-23(21)33(24)32/h3-11,14-15,17H,12-13,16H2,1-2H3,(H,28,30)/t33-/m0/s1. The molecule has 0 aromatic heterocycles. The molecule has 0 saturated carbocycles. The number of carbonyl (C=O) groups is 2. The summed E-state index contributed by atoms with van der Waals surface area (Å²) in [4.78, 5) is 28.9. The number of amides is 2. The molecule has 3 aromatic rings. The molecule has 1 N–H and O–H groups in total. The van der Waals surface area contributed by atoms with Crippen molar-refractivity contribution in [2.24, 2.45) is 5.92 Å². The molecule has 0 bridgehead atoms. The lowest BCUT2D eigenvalue weighted by Gasteiger charge is -2.24. The van der Waals surface area contributed by atoms with Gasteiger partial charge >= 0.3 is 0 Å². The minimum Gasteiger partial charge on any atom is -0.352 e. The van der Waals surface area contributed by atoms with Gasteiger partial charge in [-0.1, -0.05) is 49.7 Å². The van der Waals surface area contributed by atoms with E-state index < -0.39 is 10.8 Å². The number of benzene rings is 3. The summed E-state index contributed by atoms with van der Waals surface area (Å²) in [6, 6.07) is 19.2. The Kier molecular flexibility index (Phi) is 6.96. The van der Waals surface area contributed by atoms with E-state index in [9.17, 15) is 13.8 Å². The number of hydrogen-bond donors (Lipinski definition) is 1. The van der Waals surface area contributed by atoms with Crippen LogP contribution in [0.4, 0.5) is 5.69 Å². The number of halogens is 1. The van der Waals surface area contributed by atoms with Crippen LogP contribution in [0.25, 0.3) is 0 Å². The molecule has 0 fully saturated rings. The van der Waals surface area contributed by atoms with Crippen LogP contribution in [0.1, 0.15) is 46.5 Å². The Morgan fingerprint density at radius 3 is 2.58 bits per heavy atom. The Bertz CT molecular complexity index is 1240. The Balaban J connectivity index is 1.78. The molecule has 0 spiro atoms. The van der Waals surface area contributed by atoms with Crippen molar-refractivity contribution in [2.45, 2.75) is 36.6 Å². The highest BCUT2D eigenvalue weighted by atomic mass is 35.5. The van der Waals surface area contributed by atoms with E-state index in [0.29, 0.717) is 44.1 Å². The summed E-state index contributed by atoms with van der Waals surface area (Å²) in [6.45, 7) is 4.99. The molecular weight excluding hydrogens is 456 g/mol. The van der Waals surface area contributed by atoms with E-state index in [0.717, 1.165) is 12.0 Å². The van der Waals surface area contributed by atoms with E-state index in [4.69, 9.17) is 11.6 Å². The van der Waals surface area contributed by atoms with Crippen molar-refractivity contribution >= 4 is 39.9 Å². The lowest BCUT2D eigenvalue weighted by Crippen LogP contribution is -2.31. The van der Waals surface area contributed by atoms with Crippen LogP contribution in [-0.2, 0) is 17.3 Å². The van der Waals surface area contributed by atoms with Crippen molar-refractivity contribution in [2.75, 3.05) is 11.4 Å². The first-order valence-electron chi connectivity index (χ1n) is 10.8. The molecule has 33 heavy (non-hydrogen) atoms. The third-order valence-electron chi connectivity index (χ3n) is 5.51. The normalized spacial score (nSPS) is 15.1. The van der Waals surface area contributed by atoms with Gasteiger partial charge in [0.25, 0.3) is 11.8 Å². The number of rotatable bonds is 6. The van der Waals surface area contributed by atoms with Crippen LogP contribution in [0.5, 0.6) is 0 Å². The van der Waals surface area contributed by atoms with Crippen LogP contribution < -0.4 is 10.2 Å². The minimum atomic E-state index is -1.56. The fraction of sp³-hybridized carbons (Fsp3) is 0.231. The molecule has 0 unspecified atom stereocenters. The Morgan fingerprint density at radius 1 is 1.03 bits per heavy atom. The fourth-order valence-corrected chi connectivity index (χ4v) is 5.31. The first kappa shape index (κ1) is 23.2. The van der Waals surface area contributed by atoms with E-state index in [-0.39, 0.29) is 18.4 Å². The van der Waals surface area contributed by atoms with Crippen LogP contribution in [0, 0.1) is 5.92 Å². The Labute approximate surface area is 201 Å². The zero-order chi connectivity index (χ0) is 23.5. The second kappa shape index (κ2) is 9.89. The van der Waals surface area contributed by atoms with Gasteiger partial charge in [0.15, 0.2) is 0 Å². The number of fused-ring (bicyclic) bond motifs is 2. The van der Waals surface area contributed by atoms with Gasteiger partial charge in [0, 0.05) is 17.1 Å². The third-order valence-corrected chi connectivity index (χ3v) is 7.25. The number of carbonyl (C=O) groups excluding carboxylic acids is 2. The summed E-state index contributed by atoms with van der Waals surface area (Å²) in [5, 5.41) is 3.50. The van der Waals surface area contributed by atoms with Gasteiger partial charge in [-0.25, -0.2) is 4.21 Å². The van der Waals surface area contributed by atoms with Gasteiger partial charge in [-0.15, -0.1) is 0 Å². The van der Waals surface area contributed by atoms with Crippen molar-refractivity contribution < 1.29 is 13.8 Å². The molecule has 0 aliphatic carbocycles. The maximum Gasteiger partial charge on any atom is 0.259 e. The summed E-state index contributed by atoms with van der Waals surface area (Å²) in [5.41, 5.74) is 2.10. The number of nitrogens with one attached hydrogen (secondary N) is 1. The Hall–Kier alpha value is -2.96. The van der Waals surface area contributed by atoms with Crippen molar-refractivity contribution in [3.63, 3.8) is 0 Å². The Morgan fingerprint density at radius 2 is 1.82 bits per heavy atom. The molecule has 5 nitrogen and oxygen atoms in total. The number of anilines is 1. The van der Waals surface area contributed by atoms with Gasteiger partial charge in [-0.2, -0.15) is 0 Å². The SMILES string of the molecule is CC(C)CCNC(=O)c1ccc2c(c1)N(Cc1cccc(Cl)c1)C(=O)c1ccccc1[S@@]2=O. The molecule has 1 atom stereocenters. The molecule has 1 heterocycles. The van der Waals surface area contributed by atoms with Gasteiger partial charge < -0.3 is 10.2 Å². The van der Waals surface area contributed by atoms with E-state index >= 15 is 0 Å². The predicted octanol–water partition coefficient (Wildman–Crippen LogP) is 5.44. The summed E-state index contributed by atoms with van der Waals surface area (Å²) in [7, 11) is -1.56. The van der Waals surface area contributed by atoms with Crippen molar-refractivity contribution in [1.82, 2.24) is 5.32 Å². The van der Waals surface area contributed by atoms with Crippen molar-refractivity contribution in [3.05, 3.63) is 88.4 Å².